The van der Waals surface area contributed by atoms with Crippen molar-refractivity contribution in [2.45, 2.75) is 51.4 Å². The number of hydrogen-bond donors (Lipinski definition) is 1. The topological polar surface area (TPSA) is 71.4 Å². The predicted molar refractivity (Wildman–Crippen MR) is 73.7 cm³/mol. The van der Waals surface area contributed by atoms with Crippen LogP contribution in [-0.4, -0.2) is 31.0 Å². The van der Waals surface area contributed by atoms with Crippen molar-refractivity contribution in [3.8, 4) is 0 Å². The molecule has 0 radical (unpaired) electrons. The number of carboxylic acids is 1. The van der Waals surface area contributed by atoms with Crippen LogP contribution in [0.5, 0.6) is 0 Å². The molecule has 2 unspecified atom stereocenters. The van der Waals surface area contributed by atoms with E-state index < -0.39 is 21.7 Å². The van der Waals surface area contributed by atoms with Crippen LogP contribution in [0.4, 0.5) is 0 Å². The highest BCUT2D eigenvalue weighted by atomic mass is 32.2. The van der Waals surface area contributed by atoms with Gasteiger partial charge in [0.2, 0.25) is 0 Å². The van der Waals surface area contributed by atoms with Gasteiger partial charge >= 0.3 is 5.97 Å². The summed E-state index contributed by atoms with van der Waals surface area (Å²) in [6.07, 6.45) is 8.41. The lowest BCUT2D eigenvalue weighted by molar-refractivity contribution is -0.143. The Morgan fingerprint density at radius 1 is 1.16 bits per heavy atom. The molecule has 1 saturated heterocycles. The van der Waals surface area contributed by atoms with E-state index in [0.29, 0.717) is 18.8 Å². The molecule has 0 aromatic heterocycles. The number of carboxylic acid groups (broad SMARTS) is 1. The standard InChI is InChI=1S/C14H24O4S/c15-14(16)13(12-8-9-19(17,18)10-12)7-6-11-4-2-1-3-5-11/h11-13H,1-10H2,(H,15,16). The van der Waals surface area contributed by atoms with Gasteiger partial charge in [-0.3, -0.25) is 4.79 Å². The van der Waals surface area contributed by atoms with Gasteiger partial charge in [-0.05, 0) is 31.1 Å². The van der Waals surface area contributed by atoms with Crippen LogP contribution in [0.15, 0.2) is 0 Å². The number of sulfone groups is 1. The summed E-state index contributed by atoms with van der Waals surface area (Å²) in [4.78, 5) is 11.4. The van der Waals surface area contributed by atoms with E-state index in [-0.39, 0.29) is 17.4 Å². The number of aliphatic carboxylic acids is 1. The van der Waals surface area contributed by atoms with Crippen LogP contribution in [0.1, 0.15) is 51.4 Å². The second-order valence-corrected chi connectivity index (χ2v) is 8.42. The van der Waals surface area contributed by atoms with E-state index in [1.807, 2.05) is 0 Å². The zero-order valence-electron chi connectivity index (χ0n) is 11.4. The monoisotopic (exact) mass is 288 g/mol. The summed E-state index contributed by atoms with van der Waals surface area (Å²) in [5.74, 6) is -0.517. The Hall–Kier alpha value is -0.580. The van der Waals surface area contributed by atoms with Gasteiger partial charge in [0.15, 0.2) is 9.84 Å². The third kappa shape index (κ3) is 4.20. The van der Waals surface area contributed by atoms with Gasteiger partial charge in [-0.15, -0.1) is 0 Å². The van der Waals surface area contributed by atoms with Crippen LogP contribution in [0.3, 0.4) is 0 Å². The average Bonchev–Trinajstić information content (AvgIpc) is 2.71. The van der Waals surface area contributed by atoms with E-state index in [0.717, 1.165) is 6.42 Å². The zero-order chi connectivity index (χ0) is 13.9. The first-order valence-corrected chi connectivity index (χ1v) is 9.23. The summed E-state index contributed by atoms with van der Waals surface area (Å²) >= 11 is 0. The van der Waals surface area contributed by atoms with Crippen molar-refractivity contribution in [1.29, 1.82) is 0 Å². The molecule has 2 fully saturated rings. The fraction of sp³-hybridized carbons (Fsp3) is 0.929. The molecule has 4 nitrogen and oxygen atoms in total. The minimum Gasteiger partial charge on any atom is -0.481 e. The first kappa shape index (κ1) is 14.8. The van der Waals surface area contributed by atoms with Crippen LogP contribution >= 0.6 is 0 Å². The molecule has 19 heavy (non-hydrogen) atoms. The molecular formula is C14H24O4S. The van der Waals surface area contributed by atoms with Gasteiger partial charge in [0.05, 0.1) is 17.4 Å². The van der Waals surface area contributed by atoms with Gasteiger partial charge in [0.25, 0.3) is 0 Å². The maximum atomic E-state index is 11.5. The summed E-state index contributed by atoms with van der Waals surface area (Å²) in [6.45, 7) is 0. The van der Waals surface area contributed by atoms with Crippen LogP contribution < -0.4 is 0 Å². The van der Waals surface area contributed by atoms with E-state index in [1.165, 1.54) is 32.1 Å². The summed E-state index contributed by atoms with van der Waals surface area (Å²) in [7, 11) is -2.98. The Bertz CT molecular complexity index is 409. The fourth-order valence-corrected chi connectivity index (χ4v) is 5.47. The molecule has 1 aliphatic carbocycles. The Morgan fingerprint density at radius 3 is 2.37 bits per heavy atom. The van der Waals surface area contributed by atoms with Crippen molar-refractivity contribution in [3.05, 3.63) is 0 Å². The van der Waals surface area contributed by atoms with E-state index in [4.69, 9.17) is 0 Å². The minimum atomic E-state index is -2.98. The first-order valence-electron chi connectivity index (χ1n) is 7.41. The van der Waals surface area contributed by atoms with Crippen molar-refractivity contribution < 1.29 is 18.3 Å². The molecule has 2 rings (SSSR count). The van der Waals surface area contributed by atoms with Crippen molar-refractivity contribution in [2.24, 2.45) is 17.8 Å². The summed E-state index contributed by atoms with van der Waals surface area (Å²) in [6, 6.07) is 0. The highest BCUT2D eigenvalue weighted by Crippen LogP contribution is 2.33. The Labute approximate surface area is 115 Å². The quantitative estimate of drug-likeness (QED) is 0.843. The minimum absolute atomic E-state index is 0.0780. The third-order valence-electron chi connectivity index (χ3n) is 4.76. The lowest BCUT2D eigenvalue weighted by atomic mass is 9.81. The second kappa shape index (κ2) is 6.25. The van der Waals surface area contributed by atoms with Crippen LogP contribution in [0.25, 0.3) is 0 Å². The van der Waals surface area contributed by atoms with Crippen molar-refractivity contribution in [2.75, 3.05) is 11.5 Å². The van der Waals surface area contributed by atoms with Gasteiger partial charge in [0, 0.05) is 0 Å². The maximum Gasteiger partial charge on any atom is 0.306 e. The van der Waals surface area contributed by atoms with E-state index in [9.17, 15) is 18.3 Å². The first-order chi connectivity index (χ1) is 8.98. The molecular weight excluding hydrogens is 264 g/mol. The normalized spacial score (nSPS) is 29.2. The summed E-state index contributed by atoms with van der Waals surface area (Å²) in [5, 5.41) is 9.34. The van der Waals surface area contributed by atoms with Crippen molar-refractivity contribution in [1.82, 2.24) is 0 Å². The molecule has 2 aliphatic rings. The van der Waals surface area contributed by atoms with Crippen LogP contribution in [0.2, 0.25) is 0 Å². The lowest BCUT2D eigenvalue weighted by Gasteiger charge is -2.24. The highest BCUT2D eigenvalue weighted by molar-refractivity contribution is 7.91. The highest BCUT2D eigenvalue weighted by Gasteiger charge is 2.37. The molecule has 0 aromatic rings. The van der Waals surface area contributed by atoms with Crippen LogP contribution in [0, 0.1) is 17.8 Å². The van der Waals surface area contributed by atoms with Gasteiger partial charge in [-0.1, -0.05) is 32.1 Å². The molecule has 1 aliphatic heterocycles. The van der Waals surface area contributed by atoms with Gasteiger partial charge < -0.3 is 5.11 Å². The maximum absolute atomic E-state index is 11.5. The van der Waals surface area contributed by atoms with Crippen molar-refractivity contribution in [3.63, 3.8) is 0 Å². The predicted octanol–water partition coefficient (Wildman–Crippen LogP) is 2.48. The van der Waals surface area contributed by atoms with E-state index >= 15 is 0 Å². The lowest BCUT2D eigenvalue weighted by Crippen LogP contribution is -2.25. The second-order valence-electron chi connectivity index (χ2n) is 6.19. The van der Waals surface area contributed by atoms with Crippen molar-refractivity contribution >= 4 is 15.8 Å². The zero-order valence-corrected chi connectivity index (χ0v) is 12.2. The molecule has 110 valence electrons. The summed E-state index contributed by atoms with van der Waals surface area (Å²) < 4.78 is 23.0. The van der Waals surface area contributed by atoms with Gasteiger partial charge in [-0.25, -0.2) is 8.42 Å². The number of rotatable bonds is 5. The Balaban J connectivity index is 1.88. The summed E-state index contributed by atoms with van der Waals surface area (Å²) in [5.41, 5.74) is 0. The molecule has 2 atom stereocenters. The molecule has 0 spiro atoms. The average molecular weight is 288 g/mol. The fourth-order valence-electron chi connectivity index (χ4n) is 3.59. The van der Waals surface area contributed by atoms with Gasteiger partial charge in [-0.2, -0.15) is 0 Å². The van der Waals surface area contributed by atoms with E-state index in [2.05, 4.69) is 0 Å². The van der Waals surface area contributed by atoms with Crippen LogP contribution in [-0.2, 0) is 14.6 Å². The van der Waals surface area contributed by atoms with E-state index in [1.54, 1.807) is 0 Å². The molecule has 1 heterocycles. The Morgan fingerprint density at radius 2 is 1.84 bits per heavy atom. The molecule has 0 amide bonds. The molecule has 5 heteroatoms. The molecule has 0 aromatic carbocycles. The largest absolute Gasteiger partial charge is 0.481 e. The number of carbonyl (C=O) groups is 1. The van der Waals surface area contributed by atoms with Gasteiger partial charge in [0.1, 0.15) is 0 Å². The SMILES string of the molecule is O=C(O)C(CCC1CCCCC1)C1CCS(=O)(=O)C1. The molecule has 1 N–H and O–H groups in total. The molecule has 0 bridgehead atoms. The number of hydrogen-bond acceptors (Lipinski definition) is 3. The molecule has 1 saturated carbocycles. The third-order valence-corrected chi connectivity index (χ3v) is 6.56. The smallest absolute Gasteiger partial charge is 0.306 e. The Kier molecular flexibility index (Phi) is 4.87.